The summed E-state index contributed by atoms with van der Waals surface area (Å²) in [5.74, 6) is 0.900. The lowest BCUT2D eigenvalue weighted by atomic mass is 10.2. The largest absolute Gasteiger partial charge is 0.494 e. The normalized spacial score (nSPS) is 15.4. The van der Waals surface area contributed by atoms with E-state index in [4.69, 9.17) is 19.9 Å². The van der Waals surface area contributed by atoms with Gasteiger partial charge in [0.2, 0.25) is 5.60 Å². The number of hydrogen-bond donors (Lipinski definition) is 2. The quantitative estimate of drug-likeness (QED) is 0.610. The third kappa shape index (κ3) is 4.95. The third-order valence-corrected chi connectivity index (χ3v) is 4.85. The van der Waals surface area contributed by atoms with Crippen molar-refractivity contribution in [1.82, 2.24) is 0 Å². The Labute approximate surface area is 166 Å². The van der Waals surface area contributed by atoms with E-state index in [-0.39, 0.29) is 18.6 Å². The molecule has 1 saturated carbocycles. The zero-order valence-corrected chi connectivity index (χ0v) is 16.4. The molecule has 0 spiro atoms. The van der Waals surface area contributed by atoms with Gasteiger partial charge in [-0.1, -0.05) is 37.3 Å². The maximum absolute atomic E-state index is 12.5. The summed E-state index contributed by atoms with van der Waals surface area (Å²) in [5.41, 5.74) is 6.86. The smallest absolute Gasteiger partial charge is 0.350 e. The van der Waals surface area contributed by atoms with E-state index in [1.165, 1.54) is 0 Å². The van der Waals surface area contributed by atoms with Crippen molar-refractivity contribution in [2.75, 3.05) is 19.0 Å². The third-order valence-electron chi connectivity index (χ3n) is 4.85. The van der Waals surface area contributed by atoms with Crippen LogP contribution in [0.1, 0.15) is 31.7 Å². The molecule has 2 aromatic rings. The van der Waals surface area contributed by atoms with Gasteiger partial charge in [0.15, 0.2) is 0 Å². The van der Waals surface area contributed by atoms with E-state index >= 15 is 0 Å². The molecule has 1 aliphatic rings. The second kappa shape index (κ2) is 8.97. The molecule has 0 aromatic heterocycles. The van der Waals surface area contributed by atoms with Gasteiger partial charge in [-0.05, 0) is 24.1 Å². The van der Waals surface area contributed by atoms with E-state index in [0.717, 1.165) is 17.7 Å². The summed E-state index contributed by atoms with van der Waals surface area (Å²) in [6.45, 7) is 2.95. The molecule has 28 heavy (non-hydrogen) atoms. The van der Waals surface area contributed by atoms with E-state index in [9.17, 15) is 4.79 Å². The highest BCUT2D eigenvalue weighted by molar-refractivity contribution is 5.83. The van der Waals surface area contributed by atoms with Gasteiger partial charge >= 0.3 is 5.97 Å². The minimum atomic E-state index is -0.890. The van der Waals surface area contributed by atoms with Crippen molar-refractivity contribution < 1.29 is 19.0 Å². The Hall–Kier alpha value is -2.73. The van der Waals surface area contributed by atoms with Gasteiger partial charge in [-0.25, -0.2) is 4.79 Å². The predicted molar refractivity (Wildman–Crippen MR) is 109 cm³/mol. The SMILES string of the molecule is CC[C@H](N)CNc1ccc(OC2(C(=O)OCc3ccccc3)CC2)cc1OC. The van der Waals surface area contributed by atoms with Crippen molar-refractivity contribution in [2.24, 2.45) is 5.73 Å². The summed E-state index contributed by atoms with van der Waals surface area (Å²) < 4.78 is 16.9. The molecule has 1 aliphatic carbocycles. The Balaban J connectivity index is 1.61. The number of rotatable bonds is 10. The van der Waals surface area contributed by atoms with E-state index in [0.29, 0.717) is 30.9 Å². The van der Waals surface area contributed by atoms with Gasteiger partial charge in [0.1, 0.15) is 18.1 Å². The molecule has 3 rings (SSSR count). The van der Waals surface area contributed by atoms with Crippen LogP contribution in [0.25, 0.3) is 0 Å². The number of ether oxygens (including phenoxy) is 3. The minimum absolute atomic E-state index is 0.0785. The number of esters is 1. The van der Waals surface area contributed by atoms with Gasteiger partial charge < -0.3 is 25.3 Å². The van der Waals surface area contributed by atoms with Gasteiger partial charge in [-0.2, -0.15) is 0 Å². The molecule has 0 saturated heterocycles. The lowest BCUT2D eigenvalue weighted by molar-refractivity contribution is -0.155. The monoisotopic (exact) mass is 384 g/mol. The fourth-order valence-electron chi connectivity index (χ4n) is 2.81. The Morgan fingerprint density at radius 2 is 1.96 bits per heavy atom. The van der Waals surface area contributed by atoms with E-state index in [1.807, 2.05) is 49.4 Å². The fraction of sp³-hybridized carbons (Fsp3) is 0.409. The lowest BCUT2D eigenvalue weighted by Crippen LogP contribution is -2.31. The molecule has 0 radical (unpaired) electrons. The second-order valence-electron chi connectivity index (χ2n) is 7.07. The first-order valence-electron chi connectivity index (χ1n) is 9.64. The zero-order chi connectivity index (χ0) is 20.0. The number of nitrogens with one attached hydrogen (secondary N) is 1. The highest BCUT2D eigenvalue weighted by atomic mass is 16.6. The molecule has 0 aliphatic heterocycles. The predicted octanol–water partition coefficient (Wildman–Crippen LogP) is 3.50. The van der Waals surface area contributed by atoms with Crippen LogP contribution in [-0.2, 0) is 16.1 Å². The Morgan fingerprint density at radius 1 is 1.21 bits per heavy atom. The van der Waals surface area contributed by atoms with Crippen LogP contribution in [0.3, 0.4) is 0 Å². The first kappa shape index (κ1) is 20.0. The van der Waals surface area contributed by atoms with E-state index in [1.54, 1.807) is 13.2 Å². The Kier molecular flexibility index (Phi) is 6.41. The Bertz CT molecular complexity index is 790. The van der Waals surface area contributed by atoms with Crippen molar-refractivity contribution in [3.05, 3.63) is 54.1 Å². The summed E-state index contributed by atoms with van der Waals surface area (Å²) in [6, 6.07) is 15.2. The molecule has 6 nitrogen and oxygen atoms in total. The molecular weight excluding hydrogens is 356 g/mol. The highest BCUT2D eigenvalue weighted by Gasteiger charge is 2.54. The standard InChI is InChI=1S/C22H28N2O4/c1-3-17(23)14-24-19-10-9-18(13-20(19)26-2)28-22(11-12-22)21(25)27-15-16-7-5-4-6-8-16/h4-10,13,17,24H,3,11-12,14-15,23H2,1-2H3/t17-/m0/s1. The zero-order valence-electron chi connectivity index (χ0n) is 16.4. The van der Waals surface area contributed by atoms with Gasteiger partial charge in [0, 0.05) is 31.5 Å². The Morgan fingerprint density at radius 3 is 2.61 bits per heavy atom. The van der Waals surface area contributed by atoms with Crippen LogP contribution in [0, 0.1) is 0 Å². The molecule has 0 bridgehead atoms. The second-order valence-corrected chi connectivity index (χ2v) is 7.07. The van der Waals surface area contributed by atoms with Crippen molar-refractivity contribution in [2.45, 2.75) is 44.4 Å². The maximum atomic E-state index is 12.5. The molecule has 3 N–H and O–H groups in total. The van der Waals surface area contributed by atoms with E-state index < -0.39 is 5.60 Å². The summed E-state index contributed by atoms with van der Waals surface area (Å²) in [4.78, 5) is 12.5. The number of carbonyl (C=O) groups excluding carboxylic acids is 1. The lowest BCUT2D eigenvalue weighted by Gasteiger charge is -2.19. The van der Waals surface area contributed by atoms with Gasteiger partial charge in [0.25, 0.3) is 0 Å². The molecule has 150 valence electrons. The number of benzene rings is 2. The molecule has 1 atom stereocenters. The first-order chi connectivity index (χ1) is 13.6. The summed E-state index contributed by atoms with van der Waals surface area (Å²) in [7, 11) is 1.60. The minimum Gasteiger partial charge on any atom is -0.494 e. The molecule has 1 fully saturated rings. The molecule has 0 heterocycles. The first-order valence-corrected chi connectivity index (χ1v) is 9.64. The fourth-order valence-corrected chi connectivity index (χ4v) is 2.81. The molecule has 2 aromatic carbocycles. The van der Waals surface area contributed by atoms with Crippen molar-refractivity contribution in [1.29, 1.82) is 0 Å². The van der Waals surface area contributed by atoms with Crippen LogP contribution in [0.5, 0.6) is 11.5 Å². The number of methoxy groups -OCH3 is 1. The van der Waals surface area contributed by atoms with Crippen molar-refractivity contribution in [3.63, 3.8) is 0 Å². The number of anilines is 1. The van der Waals surface area contributed by atoms with Crippen LogP contribution in [0.2, 0.25) is 0 Å². The molecule has 0 unspecified atom stereocenters. The summed E-state index contributed by atoms with van der Waals surface area (Å²) in [6.07, 6.45) is 2.19. The van der Waals surface area contributed by atoms with Crippen LogP contribution < -0.4 is 20.5 Å². The van der Waals surface area contributed by atoms with Gasteiger partial charge in [0.05, 0.1) is 12.8 Å². The number of carbonyl (C=O) groups is 1. The van der Waals surface area contributed by atoms with Crippen molar-refractivity contribution in [3.8, 4) is 11.5 Å². The number of hydrogen-bond acceptors (Lipinski definition) is 6. The average Bonchev–Trinajstić information content (AvgIpc) is 3.52. The van der Waals surface area contributed by atoms with Crippen LogP contribution >= 0.6 is 0 Å². The molecular formula is C22H28N2O4. The van der Waals surface area contributed by atoms with Crippen LogP contribution in [0.4, 0.5) is 5.69 Å². The van der Waals surface area contributed by atoms with Crippen molar-refractivity contribution >= 4 is 11.7 Å². The average molecular weight is 384 g/mol. The summed E-state index contributed by atoms with van der Waals surface area (Å²) >= 11 is 0. The topological polar surface area (TPSA) is 82.8 Å². The van der Waals surface area contributed by atoms with E-state index in [2.05, 4.69) is 5.32 Å². The van der Waals surface area contributed by atoms with Crippen LogP contribution in [0.15, 0.2) is 48.5 Å². The number of nitrogens with two attached hydrogens (primary N) is 1. The van der Waals surface area contributed by atoms with Crippen LogP contribution in [-0.4, -0.2) is 31.3 Å². The van der Waals surface area contributed by atoms with Gasteiger partial charge in [-0.3, -0.25) is 0 Å². The van der Waals surface area contributed by atoms with Gasteiger partial charge in [-0.15, -0.1) is 0 Å². The maximum Gasteiger partial charge on any atom is 0.350 e. The highest BCUT2D eigenvalue weighted by Crippen LogP contribution is 2.43. The summed E-state index contributed by atoms with van der Waals surface area (Å²) in [5, 5.41) is 3.28. The molecule has 0 amide bonds. The molecule has 6 heteroatoms.